The van der Waals surface area contributed by atoms with Gasteiger partial charge in [0.2, 0.25) is 0 Å². The number of ether oxygens (including phenoxy) is 2. The Morgan fingerprint density at radius 3 is 2.65 bits per heavy atom. The van der Waals surface area contributed by atoms with Crippen LogP contribution in [-0.4, -0.2) is 13.2 Å². The number of anilines is 1. The fourth-order valence-electron chi connectivity index (χ4n) is 1.65. The molecule has 5 heteroatoms. The van der Waals surface area contributed by atoms with Gasteiger partial charge in [0.25, 0.3) is 0 Å². The molecule has 0 atom stereocenters. The zero-order valence-electron chi connectivity index (χ0n) is 10.9. The van der Waals surface area contributed by atoms with Crippen LogP contribution in [0.25, 0.3) is 0 Å². The van der Waals surface area contributed by atoms with Crippen molar-refractivity contribution < 1.29 is 14.3 Å². The van der Waals surface area contributed by atoms with E-state index in [1.54, 1.807) is 18.2 Å². The number of carbonyl (C=O) groups is 1. The summed E-state index contributed by atoms with van der Waals surface area (Å²) in [5.74, 6) is 0.520. The van der Waals surface area contributed by atoms with Crippen molar-refractivity contribution in [1.29, 1.82) is 0 Å². The van der Waals surface area contributed by atoms with Gasteiger partial charge in [0, 0.05) is 5.02 Å². The fourth-order valence-corrected chi connectivity index (χ4v) is 1.82. The van der Waals surface area contributed by atoms with Crippen molar-refractivity contribution in [2.75, 3.05) is 12.4 Å². The number of halogens is 1. The summed E-state index contributed by atoms with van der Waals surface area (Å²) >= 11 is 5.88. The van der Waals surface area contributed by atoms with Crippen LogP contribution in [0, 0.1) is 0 Å². The van der Waals surface area contributed by atoms with Crippen LogP contribution < -0.4 is 10.1 Å². The van der Waals surface area contributed by atoms with Crippen molar-refractivity contribution in [2.24, 2.45) is 0 Å². The van der Waals surface area contributed by atoms with Gasteiger partial charge in [-0.05, 0) is 23.8 Å². The Hall–Kier alpha value is -2.20. The molecule has 2 rings (SSSR count). The number of methoxy groups -OCH3 is 1. The Kier molecular flexibility index (Phi) is 4.85. The number of carbonyl (C=O) groups excluding carboxylic acids is 1. The standard InChI is InChI=1S/C15H14ClNO3/c1-19-14-8-7-12(16)9-13(14)17-15(18)20-10-11-5-3-2-4-6-11/h2-9H,10H2,1H3,(H,17,18). The number of hydrogen-bond donors (Lipinski definition) is 1. The van der Waals surface area contributed by atoms with E-state index in [9.17, 15) is 4.79 Å². The van der Waals surface area contributed by atoms with Crippen molar-refractivity contribution in [3.63, 3.8) is 0 Å². The molecule has 2 aromatic carbocycles. The number of amides is 1. The largest absolute Gasteiger partial charge is 0.495 e. The number of nitrogens with one attached hydrogen (secondary N) is 1. The molecule has 0 heterocycles. The molecule has 20 heavy (non-hydrogen) atoms. The van der Waals surface area contributed by atoms with Crippen LogP contribution >= 0.6 is 11.6 Å². The molecular weight excluding hydrogens is 278 g/mol. The molecule has 0 aliphatic carbocycles. The first-order chi connectivity index (χ1) is 9.69. The summed E-state index contributed by atoms with van der Waals surface area (Å²) in [4.78, 5) is 11.7. The van der Waals surface area contributed by atoms with E-state index in [0.29, 0.717) is 16.5 Å². The van der Waals surface area contributed by atoms with Crippen LogP contribution in [0.2, 0.25) is 5.02 Å². The summed E-state index contributed by atoms with van der Waals surface area (Å²) < 4.78 is 10.3. The van der Waals surface area contributed by atoms with Gasteiger partial charge >= 0.3 is 6.09 Å². The Balaban J connectivity index is 1.96. The maximum absolute atomic E-state index is 11.7. The molecule has 104 valence electrons. The lowest BCUT2D eigenvalue weighted by atomic mass is 10.2. The summed E-state index contributed by atoms with van der Waals surface area (Å²) in [6.07, 6.45) is -0.561. The molecule has 1 amide bonds. The van der Waals surface area contributed by atoms with Gasteiger partial charge in [-0.3, -0.25) is 5.32 Å². The van der Waals surface area contributed by atoms with Crippen LogP contribution in [0.5, 0.6) is 5.75 Å². The molecule has 1 N–H and O–H groups in total. The number of hydrogen-bond acceptors (Lipinski definition) is 3. The second kappa shape index (κ2) is 6.82. The highest BCUT2D eigenvalue weighted by atomic mass is 35.5. The number of rotatable bonds is 4. The number of benzene rings is 2. The van der Waals surface area contributed by atoms with Crippen molar-refractivity contribution >= 4 is 23.4 Å². The lowest BCUT2D eigenvalue weighted by Gasteiger charge is -2.11. The van der Waals surface area contributed by atoms with E-state index in [0.717, 1.165) is 5.56 Å². The Morgan fingerprint density at radius 2 is 1.95 bits per heavy atom. The lowest BCUT2D eigenvalue weighted by Crippen LogP contribution is -2.14. The molecule has 0 saturated heterocycles. The van der Waals surface area contributed by atoms with E-state index in [-0.39, 0.29) is 6.61 Å². The Labute approximate surface area is 122 Å². The molecular formula is C15H14ClNO3. The van der Waals surface area contributed by atoms with Gasteiger partial charge in [0.05, 0.1) is 12.8 Å². The minimum atomic E-state index is -0.561. The zero-order valence-corrected chi connectivity index (χ0v) is 11.7. The van der Waals surface area contributed by atoms with Gasteiger partial charge in [0.1, 0.15) is 12.4 Å². The second-order valence-electron chi connectivity index (χ2n) is 4.03. The van der Waals surface area contributed by atoms with Crippen molar-refractivity contribution in [3.8, 4) is 5.75 Å². The van der Waals surface area contributed by atoms with Crippen molar-refractivity contribution in [1.82, 2.24) is 0 Å². The second-order valence-corrected chi connectivity index (χ2v) is 4.47. The van der Waals surface area contributed by atoms with Crippen molar-refractivity contribution in [3.05, 3.63) is 59.1 Å². The van der Waals surface area contributed by atoms with Gasteiger partial charge in [-0.15, -0.1) is 0 Å². The van der Waals surface area contributed by atoms with E-state index in [1.165, 1.54) is 7.11 Å². The minimum Gasteiger partial charge on any atom is -0.495 e. The van der Waals surface area contributed by atoms with Gasteiger partial charge in [-0.25, -0.2) is 4.79 Å². The highest BCUT2D eigenvalue weighted by molar-refractivity contribution is 6.31. The van der Waals surface area contributed by atoms with Gasteiger partial charge in [-0.2, -0.15) is 0 Å². The third kappa shape index (κ3) is 3.90. The fraction of sp³-hybridized carbons (Fsp3) is 0.133. The first-order valence-electron chi connectivity index (χ1n) is 6.00. The average Bonchev–Trinajstić information content (AvgIpc) is 2.46. The predicted octanol–water partition coefficient (Wildman–Crippen LogP) is 4.10. The van der Waals surface area contributed by atoms with E-state index >= 15 is 0 Å². The van der Waals surface area contributed by atoms with Gasteiger partial charge < -0.3 is 9.47 Å². The first kappa shape index (κ1) is 14.2. The topological polar surface area (TPSA) is 47.6 Å². The zero-order chi connectivity index (χ0) is 14.4. The van der Waals surface area contributed by atoms with E-state index in [2.05, 4.69) is 5.32 Å². The third-order valence-electron chi connectivity index (χ3n) is 2.61. The van der Waals surface area contributed by atoms with E-state index in [1.807, 2.05) is 30.3 Å². The maximum atomic E-state index is 11.7. The van der Waals surface area contributed by atoms with Crippen molar-refractivity contribution in [2.45, 2.75) is 6.61 Å². The van der Waals surface area contributed by atoms with Crippen LogP contribution in [0.15, 0.2) is 48.5 Å². The van der Waals surface area contributed by atoms with E-state index < -0.39 is 6.09 Å². The summed E-state index contributed by atoms with van der Waals surface area (Å²) in [6, 6.07) is 14.4. The van der Waals surface area contributed by atoms with Gasteiger partial charge in [-0.1, -0.05) is 41.9 Å². The SMILES string of the molecule is COc1ccc(Cl)cc1NC(=O)OCc1ccccc1. The highest BCUT2D eigenvalue weighted by Gasteiger charge is 2.09. The molecule has 0 aliphatic rings. The predicted molar refractivity (Wildman–Crippen MR) is 78.3 cm³/mol. The van der Waals surface area contributed by atoms with Crippen LogP contribution in [0.3, 0.4) is 0 Å². The van der Waals surface area contributed by atoms with Gasteiger partial charge in [0.15, 0.2) is 0 Å². The summed E-state index contributed by atoms with van der Waals surface area (Å²) in [7, 11) is 1.52. The Morgan fingerprint density at radius 1 is 1.20 bits per heavy atom. The maximum Gasteiger partial charge on any atom is 0.412 e. The molecule has 0 fully saturated rings. The third-order valence-corrected chi connectivity index (χ3v) is 2.85. The summed E-state index contributed by atoms with van der Waals surface area (Å²) in [5.41, 5.74) is 1.39. The molecule has 0 saturated carbocycles. The molecule has 0 radical (unpaired) electrons. The Bertz CT molecular complexity index is 587. The normalized spacial score (nSPS) is 9.90. The molecule has 2 aromatic rings. The quantitative estimate of drug-likeness (QED) is 0.922. The highest BCUT2D eigenvalue weighted by Crippen LogP contribution is 2.27. The summed E-state index contributed by atoms with van der Waals surface area (Å²) in [5, 5.41) is 3.11. The van der Waals surface area contributed by atoms with Crippen LogP contribution in [-0.2, 0) is 11.3 Å². The first-order valence-corrected chi connectivity index (χ1v) is 6.38. The minimum absolute atomic E-state index is 0.204. The van der Waals surface area contributed by atoms with Crippen LogP contribution in [0.4, 0.5) is 10.5 Å². The summed E-state index contributed by atoms with van der Waals surface area (Å²) in [6.45, 7) is 0.204. The molecule has 0 aromatic heterocycles. The van der Waals surface area contributed by atoms with E-state index in [4.69, 9.17) is 21.1 Å². The molecule has 0 unspecified atom stereocenters. The average molecular weight is 292 g/mol. The molecule has 0 aliphatic heterocycles. The smallest absolute Gasteiger partial charge is 0.412 e. The molecule has 0 bridgehead atoms. The van der Waals surface area contributed by atoms with Crippen LogP contribution in [0.1, 0.15) is 5.56 Å². The monoisotopic (exact) mass is 291 g/mol. The lowest BCUT2D eigenvalue weighted by molar-refractivity contribution is 0.155. The molecule has 4 nitrogen and oxygen atoms in total. The molecule has 0 spiro atoms.